The van der Waals surface area contributed by atoms with Crippen LogP contribution in [0.3, 0.4) is 0 Å². The molecule has 2 saturated heterocycles. The van der Waals surface area contributed by atoms with E-state index in [2.05, 4.69) is 5.32 Å². The fourth-order valence-corrected chi connectivity index (χ4v) is 3.67. The lowest BCUT2D eigenvalue weighted by molar-refractivity contribution is -0.383. The van der Waals surface area contributed by atoms with Crippen LogP contribution in [0.1, 0.15) is 25.7 Å². The molecule has 2 fully saturated rings. The summed E-state index contributed by atoms with van der Waals surface area (Å²) in [4.78, 5) is 39.1. The highest BCUT2D eigenvalue weighted by Gasteiger charge is 2.30. The van der Waals surface area contributed by atoms with E-state index >= 15 is 0 Å². The number of benzene rings is 1. The Morgan fingerprint density at radius 2 is 1.77 bits per heavy atom. The van der Waals surface area contributed by atoms with Gasteiger partial charge in [0.05, 0.1) is 11.5 Å². The summed E-state index contributed by atoms with van der Waals surface area (Å²) in [6, 6.07) is 6.11. The van der Waals surface area contributed by atoms with Gasteiger partial charge in [-0.2, -0.15) is 0 Å². The highest BCUT2D eigenvalue weighted by atomic mass is 16.6. The lowest BCUT2D eigenvalue weighted by atomic mass is 9.95. The van der Waals surface area contributed by atoms with Crippen LogP contribution in [-0.2, 0) is 9.59 Å². The SMILES string of the molecule is O=C(CN1CCC(C(=O)N2CCCC2)CC1)Nc1ccccc1[N+](=O)[O-]. The first-order valence-electron chi connectivity index (χ1n) is 9.09. The van der Waals surface area contributed by atoms with Gasteiger partial charge >= 0.3 is 0 Å². The molecule has 0 radical (unpaired) electrons. The van der Waals surface area contributed by atoms with Crippen molar-refractivity contribution in [1.82, 2.24) is 9.80 Å². The molecule has 2 heterocycles. The van der Waals surface area contributed by atoms with Crippen molar-refractivity contribution in [2.45, 2.75) is 25.7 Å². The molecule has 0 spiro atoms. The van der Waals surface area contributed by atoms with E-state index in [9.17, 15) is 19.7 Å². The standard InChI is InChI=1S/C18H24N4O4/c23-17(19-15-5-1-2-6-16(15)22(25)26)13-20-11-7-14(8-12-20)18(24)21-9-3-4-10-21/h1-2,5-6,14H,3-4,7-13H2,(H,19,23). The van der Waals surface area contributed by atoms with Gasteiger partial charge in [0, 0.05) is 25.1 Å². The Kier molecular flexibility index (Phi) is 5.82. The van der Waals surface area contributed by atoms with Crippen molar-refractivity contribution in [2.24, 2.45) is 5.92 Å². The fourth-order valence-electron chi connectivity index (χ4n) is 3.67. The van der Waals surface area contributed by atoms with Gasteiger partial charge in [-0.1, -0.05) is 12.1 Å². The minimum atomic E-state index is -0.509. The van der Waals surface area contributed by atoms with E-state index in [-0.39, 0.29) is 35.7 Å². The number of carbonyl (C=O) groups is 2. The van der Waals surface area contributed by atoms with E-state index in [0.717, 1.165) is 38.8 Å². The number of anilines is 1. The molecule has 0 unspecified atom stereocenters. The molecule has 2 aliphatic rings. The van der Waals surface area contributed by atoms with Crippen molar-refractivity contribution in [3.05, 3.63) is 34.4 Å². The zero-order chi connectivity index (χ0) is 18.5. The number of carbonyl (C=O) groups excluding carboxylic acids is 2. The Morgan fingerprint density at radius 3 is 2.42 bits per heavy atom. The maximum absolute atomic E-state index is 12.4. The van der Waals surface area contributed by atoms with E-state index in [0.29, 0.717) is 13.1 Å². The van der Waals surface area contributed by atoms with Crippen LogP contribution < -0.4 is 5.32 Å². The molecule has 26 heavy (non-hydrogen) atoms. The first-order valence-corrected chi connectivity index (χ1v) is 9.09. The van der Waals surface area contributed by atoms with Gasteiger partial charge in [0.15, 0.2) is 0 Å². The number of likely N-dealkylation sites (tertiary alicyclic amines) is 2. The number of nitrogens with zero attached hydrogens (tertiary/aromatic N) is 3. The molecule has 3 rings (SSSR count). The second-order valence-electron chi connectivity index (χ2n) is 6.91. The summed E-state index contributed by atoms with van der Waals surface area (Å²) in [6.07, 6.45) is 3.70. The first kappa shape index (κ1) is 18.3. The molecule has 0 saturated carbocycles. The predicted molar refractivity (Wildman–Crippen MR) is 96.7 cm³/mol. The third-order valence-electron chi connectivity index (χ3n) is 5.10. The molecule has 0 aromatic heterocycles. The Bertz CT molecular complexity index is 680. The molecule has 140 valence electrons. The van der Waals surface area contributed by atoms with Gasteiger partial charge in [0.1, 0.15) is 5.69 Å². The molecule has 1 aromatic carbocycles. The number of rotatable bonds is 5. The third kappa shape index (κ3) is 4.37. The third-order valence-corrected chi connectivity index (χ3v) is 5.10. The van der Waals surface area contributed by atoms with Crippen molar-refractivity contribution in [3.8, 4) is 0 Å². The van der Waals surface area contributed by atoms with Gasteiger partial charge in [-0.25, -0.2) is 0 Å². The van der Waals surface area contributed by atoms with Crippen molar-refractivity contribution in [1.29, 1.82) is 0 Å². The zero-order valence-corrected chi connectivity index (χ0v) is 14.7. The summed E-state index contributed by atoms with van der Waals surface area (Å²) < 4.78 is 0. The van der Waals surface area contributed by atoms with Crippen LogP contribution in [0.2, 0.25) is 0 Å². The summed E-state index contributed by atoms with van der Waals surface area (Å²) in [6.45, 7) is 3.30. The summed E-state index contributed by atoms with van der Waals surface area (Å²) in [7, 11) is 0. The predicted octanol–water partition coefficient (Wildman–Crippen LogP) is 1.87. The highest BCUT2D eigenvalue weighted by molar-refractivity contribution is 5.94. The van der Waals surface area contributed by atoms with E-state index in [1.165, 1.54) is 12.1 Å². The first-order chi connectivity index (χ1) is 12.5. The van der Waals surface area contributed by atoms with Crippen molar-refractivity contribution in [2.75, 3.05) is 38.0 Å². The number of hydrogen-bond acceptors (Lipinski definition) is 5. The molecule has 8 heteroatoms. The van der Waals surface area contributed by atoms with Crippen molar-refractivity contribution < 1.29 is 14.5 Å². The Labute approximate surface area is 152 Å². The van der Waals surface area contributed by atoms with Crippen LogP contribution >= 0.6 is 0 Å². The second-order valence-corrected chi connectivity index (χ2v) is 6.91. The number of nitro benzene ring substituents is 1. The van der Waals surface area contributed by atoms with Crippen LogP contribution in [0.5, 0.6) is 0 Å². The molecule has 2 aliphatic heterocycles. The van der Waals surface area contributed by atoms with Crippen LogP contribution in [0, 0.1) is 16.0 Å². The van der Waals surface area contributed by atoms with Crippen LogP contribution in [0.15, 0.2) is 24.3 Å². The molecule has 0 atom stereocenters. The number of hydrogen-bond donors (Lipinski definition) is 1. The summed E-state index contributed by atoms with van der Waals surface area (Å²) in [5.74, 6) is 0.0396. The van der Waals surface area contributed by atoms with Gasteiger partial charge in [-0.15, -0.1) is 0 Å². The Morgan fingerprint density at radius 1 is 1.12 bits per heavy atom. The van der Waals surface area contributed by atoms with E-state index in [4.69, 9.17) is 0 Å². The van der Waals surface area contributed by atoms with E-state index in [1.54, 1.807) is 12.1 Å². The summed E-state index contributed by atoms with van der Waals surface area (Å²) in [5.41, 5.74) is 0.0948. The minimum absolute atomic E-state index is 0.0580. The van der Waals surface area contributed by atoms with Crippen LogP contribution in [0.25, 0.3) is 0 Å². The minimum Gasteiger partial charge on any atom is -0.342 e. The largest absolute Gasteiger partial charge is 0.342 e. The molecule has 1 aromatic rings. The summed E-state index contributed by atoms with van der Waals surface area (Å²) in [5, 5.41) is 13.6. The topological polar surface area (TPSA) is 95.8 Å². The Hall–Kier alpha value is -2.48. The number of nitro groups is 1. The molecule has 2 amide bonds. The van der Waals surface area contributed by atoms with Crippen LogP contribution in [0.4, 0.5) is 11.4 Å². The van der Waals surface area contributed by atoms with Gasteiger partial charge in [0.25, 0.3) is 5.69 Å². The molecular formula is C18H24N4O4. The smallest absolute Gasteiger partial charge is 0.292 e. The molecular weight excluding hydrogens is 336 g/mol. The summed E-state index contributed by atoms with van der Waals surface area (Å²) >= 11 is 0. The number of amides is 2. The fraction of sp³-hybridized carbons (Fsp3) is 0.556. The van der Waals surface area contributed by atoms with Gasteiger partial charge in [-0.05, 0) is 44.8 Å². The monoisotopic (exact) mass is 360 g/mol. The number of piperidine rings is 1. The molecule has 1 N–H and O–H groups in total. The normalized spacial score (nSPS) is 18.7. The van der Waals surface area contributed by atoms with Gasteiger partial charge in [-0.3, -0.25) is 24.6 Å². The van der Waals surface area contributed by atoms with Gasteiger partial charge in [0.2, 0.25) is 11.8 Å². The van der Waals surface area contributed by atoms with Crippen molar-refractivity contribution >= 4 is 23.2 Å². The number of nitrogens with one attached hydrogen (secondary N) is 1. The van der Waals surface area contributed by atoms with Gasteiger partial charge < -0.3 is 10.2 Å². The maximum Gasteiger partial charge on any atom is 0.292 e. The average Bonchev–Trinajstić information content (AvgIpc) is 3.16. The maximum atomic E-state index is 12.4. The average molecular weight is 360 g/mol. The molecule has 0 aliphatic carbocycles. The van der Waals surface area contributed by atoms with E-state index < -0.39 is 4.92 Å². The quantitative estimate of drug-likeness (QED) is 0.639. The number of para-hydroxylation sites is 2. The lowest BCUT2D eigenvalue weighted by Gasteiger charge is -2.32. The molecule has 0 bridgehead atoms. The van der Waals surface area contributed by atoms with Crippen LogP contribution in [-0.4, -0.2) is 59.3 Å². The lowest BCUT2D eigenvalue weighted by Crippen LogP contribution is -2.43. The second kappa shape index (κ2) is 8.27. The zero-order valence-electron chi connectivity index (χ0n) is 14.7. The van der Waals surface area contributed by atoms with Crippen molar-refractivity contribution in [3.63, 3.8) is 0 Å². The van der Waals surface area contributed by atoms with E-state index in [1.807, 2.05) is 9.80 Å². The Balaban J connectivity index is 1.48. The molecule has 8 nitrogen and oxygen atoms in total. The highest BCUT2D eigenvalue weighted by Crippen LogP contribution is 2.24.